The van der Waals surface area contributed by atoms with Crippen LogP contribution in [0.5, 0.6) is 0 Å². The lowest BCUT2D eigenvalue weighted by atomic mass is 10.1. The molecule has 54 heavy (non-hydrogen) atoms. The fourth-order valence-corrected chi connectivity index (χ4v) is 6.18. The van der Waals surface area contributed by atoms with Crippen molar-refractivity contribution >= 4 is 5.97 Å². The van der Waals surface area contributed by atoms with Crippen molar-refractivity contribution in [2.24, 2.45) is 0 Å². The van der Waals surface area contributed by atoms with Crippen molar-refractivity contribution in [1.82, 2.24) is 4.90 Å². The number of unbranched alkanes of at least 4 members (excludes halogenated alkanes) is 22. The first-order chi connectivity index (χ1) is 26.4. The molecule has 0 radical (unpaired) electrons. The van der Waals surface area contributed by atoms with Gasteiger partial charge in [-0.2, -0.15) is 0 Å². The third kappa shape index (κ3) is 49.2. The van der Waals surface area contributed by atoms with Gasteiger partial charge < -0.3 is 39.2 Å². The summed E-state index contributed by atoms with van der Waals surface area (Å²) in [6.45, 7) is 10.2. The molecule has 1 aliphatic heterocycles. The average Bonchev–Trinajstić information content (AvgIpc) is 3.59. The molecular formula is C45H93NO8. The van der Waals surface area contributed by atoms with Crippen LogP contribution in [0.3, 0.4) is 0 Å². The molecule has 9 nitrogen and oxygen atoms in total. The van der Waals surface area contributed by atoms with Crippen LogP contribution >= 0.6 is 0 Å². The van der Waals surface area contributed by atoms with Gasteiger partial charge in [-0.1, -0.05) is 142 Å². The van der Waals surface area contributed by atoms with Crippen LogP contribution in [0.1, 0.15) is 206 Å². The molecule has 0 spiro atoms. The number of carbonyl (C=O) groups is 1. The van der Waals surface area contributed by atoms with E-state index in [0.29, 0.717) is 26.1 Å². The van der Waals surface area contributed by atoms with Crippen LogP contribution in [0.4, 0.5) is 0 Å². The second-order valence-electron chi connectivity index (χ2n) is 15.5. The normalized spacial score (nSPS) is 15.2. The molecule has 9 heteroatoms. The van der Waals surface area contributed by atoms with Crippen molar-refractivity contribution < 1.29 is 39.1 Å². The topological polar surface area (TPSA) is 118 Å². The summed E-state index contributed by atoms with van der Waals surface area (Å²) in [6.07, 6.45) is 35.2. The molecule has 0 bridgehead atoms. The first kappa shape index (κ1) is 55.3. The zero-order chi connectivity index (χ0) is 40.0. The van der Waals surface area contributed by atoms with Gasteiger partial charge in [0, 0.05) is 52.5 Å². The summed E-state index contributed by atoms with van der Waals surface area (Å²) in [5.41, 5.74) is 0. The van der Waals surface area contributed by atoms with Crippen LogP contribution < -0.4 is 0 Å². The number of hydrogen-bond acceptors (Lipinski definition) is 9. The summed E-state index contributed by atoms with van der Waals surface area (Å²) in [6, 6.07) is 0. The maximum absolute atomic E-state index is 11.3. The minimum atomic E-state index is -0.683. The second kappa shape index (κ2) is 48.3. The Morgan fingerprint density at radius 2 is 0.926 bits per heavy atom. The van der Waals surface area contributed by atoms with Gasteiger partial charge in [-0.3, -0.25) is 4.79 Å². The summed E-state index contributed by atoms with van der Waals surface area (Å²) in [7, 11) is 3.94. The molecule has 1 saturated heterocycles. The van der Waals surface area contributed by atoms with E-state index in [1.165, 1.54) is 154 Å². The van der Waals surface area contributed by atoms with E-state index < -0.39 is 6.29 Å². The number of hydrogen-bond donors (Lipinski definition) is 3. The van der Waals surface area contributed by atoms with E-state index in [1.807, 2.05) is 19.0 Å². The minimum Gasteiger partial charge on any atom is -0.463 e. The van der Waals surface area contributed by atoms with E-state index in [1.54, 1.807) is 0 Å². The van der Waals surface area contributed by atoms with Crippen LogP contribution in [0, 0.1) is 0 Å². The lowest BCUT2D eigenvalue weighted by Gasteiger charge is -2.12. The lowest BCUT2D eigenvalue weighted by Crippen LogP contribution is -2.20. The molecule has 0 aromatic rings. The van der Waals surface area contributed by atoms with Crippen molar-refractivity contribution in [3.63, 3.8) is 0 Å². The number of rotatable bonds is 38. The highest BCUT2D eigenvalue weighted by Gasteiger charge is 2.24. The van der Waals surface area contributed by atoms with Gasteiger partial charge in [0.15, 0.2) is 6.29 Å². The summed E-state index contributed by atoms with van der Waals surface area (Å²) in [5, 5.41) is 26.4. The molecule has 1 aliphatic rings. The molecule has 2 atom stereocenters. The number of nitrogens with zero attached hydrogens (tertiary/aromatic N) is 1. The van der Waals surface area contributed by atoms with Crippen molar-refractivity contribution in [3.05, 3.63) is 0 Å². The molecule has 0 aromatic carbocycles. The molecule has 3 N–H and O–H groups in total. The van der Waals surface area contributed by atoms with Crippen molar-refractivity contribution in [2.75, 3.05) is 66.9 Å². The maximum Gasteiger partial charge on any atom is 0.305 e. The van der Waals surface area contributed by atoms with Gasteiger partial charge >= 0.3 is 5.97 Å². The number of esters is 1. The van der Waals surface area contributed by atoms with Gasteiger partial charge in [0.1, 0.15) is 6.61 Å². The minimum absolute atomic E-state index is 0.132. The van der Waals surface area contributed by atoms with Gasteiger partial charge in [0.2, 0.25) is 0 Å². The molecule has 0 aromatic heterocycles. The van der Waals surface area contributed by atoms with Gasteiger partial charge in [-0.15, -0.1) is 0 Å². The predicted octanol–water partition coefficient (Wildman–Crippen LogP) is 10.5. The highest BCUT2D eigenvalue weighted by Crippen LogP contribution is 2.18. The van der Waals surface area contributed by atoms with E-state index in [4.69, 9.17) is 34.3 Å². The number of ether oxygens (including phenoxy) is 4. The Kier molecular flexibility index (Phi) is 49.5. The smallest absolute Gasteiger partial charge is 0.305 e. The van der Waals surface area contributed by atoms with Gasteiger partial charge in [-0.05, 0) is 72.0 Å². The SMILES string of the molecule is CCCCCCCCOCCCCCCCCCO.CCCCCCCCOCCCCCCCCCO.CN(C)CCCC(=O)OC[C@@H]1CC[C@H](O)O1. The third-order valence-electron chi connectivity index (χ3n) is 9.68. The maximum atomic E-state index is 11.3. The van der Waals surface area contributed by atoms with Crippen molar-refractivity contribution in [3.8, 4) is 0 Å². The van der Waals surface area contributed by atoms with Gasteiger partial charge in [0.05, 0.1) is 6.10 Å². The van der Waals surface area contributed by atoms with Crippen LogP contribution in [0.15, 0.2) is 0 Å². The summed E-state index contributed by atoms with van der Waals surface area (Å²) >= 11 is 0. The van der Waals surface area contributed by atoms with E-state index >= 15 is 0 Å². The van der Waals surface area contributed by atoms with Crippen LogP contribution in [-0.4, -0.2) is 105 Å². The Balaban J connectivity index is 0. The predicted molar refractivity (Wildman–Crippen MR) is 226 cm³/mol. The zero-order valence-electron chi connectivity index (χ0n) is 36.4. The average molecular weight is 776 g/mol. The standard InChI is InChI=1S/2C17H36O2.C11H21NO4/c2*1-2-3-4-5-10-13-16-19-17-14-11-8-6-7-9-12-15-18;1-12(2)7-3-4-10(13)15-8-9-5-6-11(14)16-9/h2*18H,2-17H2,1H3;9,11,14H,3-8H2,1-2H3/t;;9-,11+/m..0/s1. The van der Waals surface area contributed by atoms with Crippen LogP contribution in [0.2, 0.25) is 0 Å². The molecule has 0 saturated carbocycles. The van der Waals surface area contributed by atoms with E-state index in [2.05, 4.69) is 13.8 Å². The highest BCUT2D eigenvalue weighted by atomic mass is 16.6. The lowest BCUT2D eigenvalue weighted by molar-refractivity contribution is -0.152. The van der Waals surface area contributed by atoms with Gasteiger partial charge in [0.25, 0.3) is 0 Å². The van der Waals surface area contributed by atoms with E-state index in [0.717, 1.165) is 58.7 Å². The quantitative estimate of drug-likeness (QED) is 0.0416. The molecule has 0 aliphatic carbocycles. The third-order valence-corrected chi connectivity index (χ3v) is 9.68. The molecule has 0 unspecified atom stereocenters. The molecule has 1 rings (SSSR count). The molecule has 326 valence electrons. The molecular weight excluding hydrogens is 682 g/mol. The Morgan fingerprint density at radius 3 is 1.26 bits per heavy atom. The zero-order valence-corrected chi connectivity index (χ0v) is 36.4. The van der Waals surface area contributed by atoms with E-state index in [9.17, 15) is 4.79 Å². The van der Waals surface area contributed by atoms with E-state index in [-0.39, 0.29) is 18.7 Å². The largest absolute Gasteiger partial charge is 0.463 e. The number of carbonyl (C=O) groups excluding carboxylic acids is 1. The monoisotopic (exact) mass is 776 g/mol. The number of aliphatic hydroxyl groups is 3. The van der Waals surface area contributed by atoms with Crippen LogP contribution in [-0.2, 0) is 23.7 Å². The fourth-order valence-electron chi connectivity index (χ4n) is 6.18. The van der Waals surface area contributed by atoms with Crippen molar-refractivity contribution in [1.29, 1.82) is 0 Å². The Morgan fingerprint density at radius 1 is 0.556 bits per heavy atom. The van der Waals surface area contributed by atoms with Crippen LogP contribution in [0.25, 0.3) is 0 Å². The molecule has 0 amide bonds. The summed E-state index contributed by atoms with van der Waals surface area (Å²) in [5.74, 6) is -0.188. The Bertz CT molecular complexity index is 633. The Labute approximate surface area is 335 Å². The molecule has 1 heterocycles. The summed E-state index contributed by atoms with van der Waals surface area (Å²) < 4.78 is 21.5. The van der Waals surface area contributed by atoms with Gasteiger partial charge in [-0.25, -0.2) is 0 Å². The fraction of sp³-hybridized carbons (Fsp3) is 0.978. The van der Waals surface area contributed by atoms with Crippen molar-refractivity contribution in [2.45, 2.75) is 219 Å². The number of aliphatic hydroxyl groups excluding tert-OH is 3. The Hall–Kier alpha value is -0.810. The first-order valence-corrected chi connectivity index (χ1v) is 22.9. The summed E-state index contributed by atoms with van der Waals surface area (Å²) in [4.78, 5) is 13.3. The molecule has 1 fully saturated rings. The first-order valence-electron chi connectivity index (χ1n) is 22.9. The second-order valence-corrected chi connectivity index (χ2v) is 15.5. The highest BCUT2D eigenvalue weighted by molar-refractivity contribution is 5.69.